The molecule has 0 unspecified atom stereocenters. The number of hydrogen-bond donors (Lipinski definition) is 0. The smallest absolute Gasteiger partial charge is 0.308 e. The number of ether oxygens (including phenoxy) is 2. The molecule has 0 N–H and O–H groups in total. The van der Waals surface area contributed by atoms with Crippen LogP contribution in [0.15, 0.2) is 28.7 Å². The van der Waals surface area contributed by atoms with Crippen LogP contribution in [0.1, 0.15) is 24.1 Å². The van der Waals surface area contributed by atoms with E-state index in [2.05, 4.69) is 4.98 Å². The quantitative estimate of drug-likeness (QED) is 0.815. The molecular weight excluding hydrogens is 230 g/mol. The van der Waals surface area contributed by atoms with Gasteiger partial charge < -0.3 is 13.9 Å². The van der Waals surface area contributed by atoms with Crippen LogP contribution in [0.4, 0.5) is 0 Å². The van der Waals surface area contributed by atoms with Crippen LogP contribution in [-0.2, 0) is 12.8 Å². The van der Waals surface area contributed by atoms with E-state index in [0.29, 0.717) is 18.3 Å². The monoisotopic (exact) mass is 247 g/mol. The summed E-state index contributed by atoms with van der Waals surface area (Å²) in [7, 11) is 3.25. The van der Waals surface area contributed by atoms with Gasteiger partial charge in [0.1, 0.15) is 11.4 Å². The van der Waals surface area contributed by atoms with Gasteiger partial charge >= 0.3 is 5.95 Å². The Morgan fingerprint density at radius 2 is 1.83 bits per heavy atom. The summed E-state index contributed by atoms with van der Waals surface area (Å²) in [6.07, 6.45) is 1.45. The molecule has 0 bridgehead atoms. The highest BCUT2D eigenvalue weighted by atomic mass is 16.6. The second kappa shape index (κ2) is 5.58. The van der Waals surface area contributed by atoms with E-state index in [9.17, 15) is 0 Å². The van der Waals surface area contributed by atoms with E-state index < -0.39 is 0 Å². The van der Waals surface area contributed by atoms with Gasteiger partial charge in [-0.05, 0) is 17.7 Å². The summed E-state index contributed by atoms with van der Waals surface area (Å²) in [6.45, 7) is 2.00. The second-order valence-corrected chi connectivity index (χ2v) is 3.92. The Labute approximate surface area is 107 Å². The molecule has 1 aromatic heterocycles. The fourth-order valence-corrected chi connectivity index (χ4v) is 1.74. The number of rotatable bonds is 5. The van der Waals surface area contributed by atoms with E-state index in [1.54, 1.807) is 14.2 Å². The Morgan fingerprint density at radius 3 is 2.39 bits per heavy atom. The molecule has 0 aliphatic carbocycles. The highest BCUT2D eigenvalue weighted by Gasteiger charge is 2.13. The number of methoxy groups -OCH3 is 2. The first-order valence-corrected chi connectivity index (χ1v) is 5.92. The lowest BCUT2D eigenvalue weighted by Crippen LogP contribution is -1.93. The zero-order chi connectivity index (χ0) is 13.0. The van der Waals surface area contributed by atoms with Gasteiger partial charge in [-0.3, -0.25) is 0 Å². The lowest BCUT2D eigenvalue weighted by atomic mass is 10.1. The highest BCUT2D eigenvalue weighted by Crippen LogP contribution is 2.23. The molecule has 1 aromatic carbocycles. The van der Waals surface area contributed by atoms with Crippen molar-refractivity contribution < 1.29 is 13.9 Å². The van der Waals surface area contributed by atoms with E-state index in [0.717, 1.165) is 23.4 Å². The summed E-state index contributed by atoms with van der Waals surface area (Å²) in [4.78, 5) is 4.41. The van der Waals surface area contributed by atoms with Crippen molar-refractivity contribution in [1.82, 2.24) is 4.98 Å². The highest BCUT2D eigenvalue weighted by molar-refractivity contribution is 5.31. The minimum absolute atomic E-state index is 0.502. The van der Waals surface area contributed by atoms with Gasteiger partial charge in [0, 0.05) is 12.8 Å². The van der Waals surface area contributed by atoms with E-state index >= 15 is 0 Å². The topological polar surface area (TPSA) is 44.5 Å². The molecule has 0 saturated carbocycles. The number of hydrogen-bond acceptors (Lipinski definition) is 4. The zero-order valence-electron chi connectivity index (χ0n) is 10.9. The molecule has 0 radical (unpaired) electrons. The molecule has 4 nitrogen and oxygen atoms in total. The molecule has 0 aliphatic rings. The van der Waals surface area contributed by atoms with E-state index in [1.165, 1.54) is 0 Å². The molecule has 0 fully saturated rings. The molecule has 2 aromatic rings. The van der Waals surface area contributed by atoms with Crippen LogP contribution < -0.4 is 9.47 Å². The SMILES string of the molecule is CCc1nc(Cc2ccc(OC)cc2)c(OC)o1. The first-order valence-electron chi connectivity index (χ1n) is 5.92. The van der Waals surface area contributed by atoms with Gasteiger partial charge in [0.15, 0.2) is 5.89 Å². The summed E-state index contributed by atoms with van der Waals surface area (Å²) >= 11 is 0. The average Bonchev–Trinajstić information content (AvgIpc) is 2.82. The molecule has 0 saturated heterocycles. The Morgan fingerprint density at radius 1 is 1.11 bits per heavy atom. The van der Waals surface area contributed by atoms with Crippen molar-refractivity contribution in [3.05, 3.63) is 41.4 Å². The van der Waals surface area contributed by atoms with Crippen molar-refractivity contribution in [3.8, 4) is 11.7 Å². The fourth-order valence-electron chi connectivity index (χ4n) is 1.74. The van der Waals surface area contributed by atoms with Crippen molar-refractivity contribution in [2.45, 2.75) is 19.8 Å². The van der Waals surface area contributed by atoms with Gasteiger partial charge in [0.05, 0.1) is 14.2 Å². The number of oxazole rings is 1. The van der Waals surface area contributed by atoms with Crippen LogP contribution in [0.2, 0.25) is 0 Å². The maximum atomic E-state index is 5.47. The number of benzene rings is 1. The van der Waals surface area contributed by atoms with Gasteiger partial charge in [0.25, 0.3) is 0 Å². The van der Waals surface area contributed by atoms with Gasteiger partial charge in [-0.2, -0.15) is 0 Å². The van der Waals surface area contributed by atoms with Crippen molar-refractivity contribution in [1.29, 1.82) is 0 Å². The third kappa shape index (κ3) is 2.64. The minimum Gasteiger partial charge on any atom is -0.497 e. The van der Waals surface area contributed by atoms with E-state index in [1.807, 2.05) is 31.2 Å². The third-order valence-corrected chi connectivity index (χ3v) is 2.72. The van der Waals surface area contributed by atoms with Gasteiger partial charge in [0.2, 0.25) is 0 Å². The second-order valence-electron chi connectivity index (χ2n) is 3.92. The Kier molecular flexibility index (Phi) is 3.87. The van der Waals surface area contributed by atoms with Crippen molar-refractivity contribution >= 4 is 0 Å². The molecule has 1 heterocycles. The summed E-state index contributed by atoms with van der Waals surface area (Å²) in [5.41, 5.74) is 1.98. The molecule has 96 valence electrons. The largest absolute Gasteiger partial charge is 0.497 e. The zero-order valence-corrected chi connectivity index (χ0v) is 10.9. The third-order valence-electron chi connectivity index (χ3n) is 2.72. The Balaban J connectivity index is 2.18. The van der Waals surface area contributed by atoms with Crippen LogP contribution >= 0.6 is 0 Å². The number of nitrogens with zero attached hydrogens (tertiary/aromatic N) is 1. The summed E-state index contributed by atoms with van der Waals surface area (Å²) < 4.78 is 15.8. The predicted molar refractivity (Wildman–Crippen MR) is 68.2 cm³/mol. The molecule has 0 atom stereocenters. The first-order chi connectivity index (χ1) is 8.76. The van der Waals surface area contributed by atoms with E-state index in [-0.39, 0.29) is 0 Å². The summed E-state index contributed by atoms with van der Waals surface area (Å²) in [6, 6.07) is 7.89. The van der Waals surface area contributed by atoms with Crippen molar-refractivity contribution in [3.63, 3.8) is 0 Å². The van der Waals surface area contributed by atoms with Gasteiger partial charge in [-0.15, -0.1) is 0 Å². The molecule has 0 spiro atoms. The molecule has 4 heteroatoms. The predicted octanol–water partition coefficient (Wildman–Crippen LogP) is 2.85. The first kappa shape index (κ1) is 12.5. The minimum atomic E-state index is 0.502. The van der Waals surface area contributed by atoms with Crippen molar-refractivity contribution in [2.24, 2.45) is 0 Å². The maximum Gasteiger partial charge on any atom is 0.308 e. The van der Waals surface area contributed by atoms with Gasteiger partial charge in [-0.25, -0.2) is 4.98 Å². The number of aryl methyl sites for hydroxylation is 1. The van der Waals surface area contributed by atoms with Crippen LogP contribution in [0.25, 0.3) is 0 Å². The standard InChI is InChI=1S/C14H17NO3/c1-4-13-15-12(14(17-3)18-13)9-10-5-7-11(16-2)8-6-10/h5-8H,4,9H2,1-3H3. The number of aromatic nitrogens is 1. The van der Waals surface area contributed by atoms with Crippen LogP contribution in [0.5, 0.6) is 11.7 Å². The molecule has 0 aliphatic heterocycles. The molecule has 18 heavy (non-hydrogen) atoms. The normalized spacial score (nSPS) is 10.4. The van der Waals surface area contributed by atoms with Crippen molar-refractivity contribution in [2.75, 3.05) is 14.2 Å². The van der Waals surface area contributed by atoms with Crippen LogP contribution in [0, 0.1) is 0 Å². The summed E-state index contributed by atoms with van der Waals surface area (Å²) in [5.74, 6) is 2.05. The molecule has 0 amide bonds. The Hall–Kier alpha value is -1.97. The van der Waals surface area contributed by atoms with Crippen LogP contribution in [0.3, 0.4) is 0 Å². The molecule has 2 rings (SSSR count). The lowest BCUT2D eigenvalue weighted by Gasteiger charge is -2.02. The maximum absolute atomic E-state index is 5.47. The van der Waals surface area contributed by atoms with Crippen LogP contribution in [-0.4, -0.2) is 19.2 Å². The Bertz CT molecular complexity index is 502. The average molecular weight is 247 g/mol. The summed E-state index contributed by atoms with van der Waals surface area (Å²) in [5, 5.41) is 0. The fraction of sp³-hybridized carbons (Fsp3) is 0.357. The molecular formula is C14H17NO3. The van der Waals surface area contributed by atoms with Gasteiger partial charge in [-0.1, -0.05) is 19.1 Å². The van der Waals surface area contributed by atoms with E-state index in [4.69, 9.17) is 13.9 Å². The lowest BCUT2D eigenvalue weighted by molar-refractivity contribution is 0.291.